The SMILES string of the molecule is Cc1cc(C)c(NC(=O)[C@@H](C)N2CCN(c3ccc(O)cc3)CC2)c(C)c1. The van der Waals surface area contributed by atoms with Gasteiger partial charge in [0.15, 0.2) is 0 Å². The van der Waals surface area contributed by atoms with Crippen LogP contribution in [0.2, 0.25) is 0 Å². The van der Waals surface area contributed by atoms with E-state index < -0.39 is 0 Å². The number of carbonyl (C=O) groups excluding carboxylic acids is 1. The highest BCUT2D eigenvalue weighted by Crippen LogP contribution is 2.23. The summed E-state index contributed by atoms with van der Waals surface area (Å²) in [6, 6.07) is 11.3. The molecule has 1 heterocycles. The highest BCUT2D eigenvalue weighted by Gasteiger charge is 2.26. The topological polar surface area (TPSA) is 55.8 Å². The number of aromatic hydroxyl groups is 1. The minimum absolute atomic E-state index is 0.0446. The van der Waals surface area contributed by atoms with Crippen molar-refractivity contribution in [1.29, 1.82) is 0 Å². The number of phenols is 1. The highest BCUT2D eigenvalue weighted by atomic mass is 16.3. The fourth-order valence-electron chi connectivity index (χ4n) is 3.80. The van der Waals surface area contributed by atoms with Gasteiger partial charge in [0.1, 0.15) is 5.75 Å². The van der Waals surface area contributed by atoms with Gasteiger partial charge in [-0.2, -0.15) is 0 Å². The van der Waals surface area contributed by atoms with Gasteiger partial charge in [0.25, 0.3) is 0 Å². The number of anilines is 2. The van der Waals surface area contributed by atoms with Crippen molar-refractivity contribution in [3.05, 3.63) is 53.1 Å². The monoisotopic (exact) mass is 367 g/mol. The van der Waals surface area contributed by atoms with Crippen molar-refractivity contribution in [2.75, 3.05) is 36.4 Å². The molecule has 1 fully saturated rings. The first-order valence-electron chi connectivity index (χ1n) is 9.52. The molecule has 0 saturated carbocycles. The Morgan fingerprint density at radius 3 is 2.11 bits per heavy atom. The van der Waals surface area contributed by atoms with Crippen LogP contribution < -0.4 is 10.2 Å². The molecule has 0 unspecified atom stereocenters. The molecule has 5 heteroatoms. The molecule has 1 aliphatic rings. The molecule has 0 bridgehead atoms. The van der Waals surface area contributed by atoms with E-state index in [4.69, 9.17) is 0 Å². The van der Waals surface area contributed by atoms with Gasteiger partial charge in [-0.15, -0.1) is 0 Å². The van der Waals surface area contributed by atoms with Gasteiger partial charge in [0, 0.05) is 37.6 Å². The highest BCUT2D eigenvalue weighted by molar-refractivity contribution is 5.96. The number of carbonyl (C=O) groups is 1. The maximum atomic E-state index is 12.8. The van der Waals surface area contributed by atoms with Crippen LogP contribution in [0, 0.1) is 20.8 Å². The van der Waals surface area contributed by atoms with Gasteiger partial charge in [-0.1, -0.05) is 17.7 Å². The molecule has 0 spiro atoms. The zero-order valence-corrected chi connectivity index (χ0v) is 16.6. The molecular formula is C22H29N3O2. The summed E-state index contributed by atoms with van der Waals surface area (Å²) in [5, 5.41) is 12.6. The standard InChI is InChI=1S/C22H29N3O2/c1-15-13-16(2)21(17(3)14-15)23-22(27)18(4)24-9-11-25(12-10-24)19-5-7-20(26)8-6-19/h5-8,13-14,18,26H,9-12H2,1-4H3,(H,23,27)/t18-/m1/s1. The van der Waals surface area contributed by atoms with Gasteiger partial charge < -0.3 is 15.3 Å². The summed E-state index contributed by atoms with van der Waals surface area (Å²) >= 11 is 0. The molecule has 1 aliphatic heterocycles. The van der Waals surface area contributed by atoms with Gasteiger partial charge >= 0.3 is 0 Å². The number of piperazine rings is 1. The number of nitrogens with one attached hydrogen (secondary N) is 1. The van der Waals surface area contributed by atoms with Gasteiger partial charge in [0.2, 0.25) is 5.91 Å². The van der Waals surface area contributed by atoms with E-state index in [1.165, 1.54) is 5.56 Å². The minimum Gasteiger partial charge on any atom is -0.508 e. The first-order valence-corrected chi connectivity index (χ1v) is 9.52. The Kier molecular flexibility index (Phi) is 5.71. The lowest BCUT2D eigenvalue weighted by Gasteiger charge is -2.38. The van der Waals surface area contributed by atoms with E-state index in [1.54, 1.807) is 12.1 Å². The number of hydrogen-bond donors (Lipinski definition) is 2. The van der Waals surface area contributed by atoms with E-state index in [9.17, 15) is 9.90 Å². The summed E-state index contributed by atoms with van der Waals surface area (Å²) in [4.78, 5) is 17.3. The summed E-state index contributed by atoms with van der Waals surface area (Å²) < 4.78 is 0. The summed E-state index contributed by atoms with van der Waals surface area (Å²) in [7, 11) is 0. The van der Waals surface area contributed by atoms with Crippen LogP contribution >= 0.6 is 0 Å². The number of hydrogen-bond acceptors (Lipinski definition) is 4. The van der Waals surface area contributed by atoms with Gasteiger partial charge in [0.05, 0.1) is 6.04 Å². The van der Waals surface area contributed by atoms with Crippen LogP contribution in [0.4, 0.5) is 11.4 Å². The van der Waals surface area contributed by atoms with Crippen molar-refractivity contribution in [2.24, 2.45) is 0 Å². The van der Waals surface area contributed by atoms with Crippen LogP contribution in [0.25, 0.3) is 0 Å². The van der Waals surface area contributed by atoms with Crippen LogP contribution in [-0.2, 0) is 4.79 Å². The Morgan fingerprint density at radius 1 is 1.00 bits per heavy atom. The molecule has 0 radical (unpaired) electrons. The third-order valence-corrected chi connectivity index (χ3v) is 5.38. The lowest BCUT2D eigenvalue weighted by Crippen LogP contribution is -2.52. The number of phenolic OH excluding ortho intramolecular Hbond substituents is 1. The number of aryl methyl sites for hydroxylation is 3. The Hall–Kier alpha value is -2.53. The van der Waals surface area contributed by atoms with E-state index in [-0.39, 0.29) is 17.7 Å². The fraction of sp³-hybridized carbons (Fsp3) is 0.409. The molecule has 1 saturated heterocycles. The molecule has 0 aliphatic carbocycles. The zero-order valence-electron chi connectivity index (χ0n) is 16.6. The molecule has 3 rings (SSSR count). The summed E-state index contributed by atoms with van der Waals surface area (Å²) in [6.45, 7) is 11.5. The summed E-state index contributed by atoms with van der Waals surface area (Å²) in [5.41, 5.74) is 5.45. The van der Waals surface area contributed by atoms with Crippen molar-refractivity contribution in [1.82, 2.24) is 4.90 Å². The predicted octanol–water partition coefficient (Wildman–Crippen LogP) is 3.47. The Bertz CT molecular complexity index is 786. The minimum atomic E-state index is -0.174. The lowest BCUT2D eigenvalue weighted by atomic mass is 10.0. The zero-order chi connectivity index (χ0) is 19.6. The van der Waals surface area contributed by atoms with Gasteiger partial charge in [-0.05, 0) is 63.1 Å². The van der Waals surface area contributed by atoms with E-state index in [2.05, 4.69) is 34.2 Å². The molecule has 2 N–H and O–H groups in total. The molecule has 1 amide bonds. The molecule has 1 atom stereocenters. The first-order chi connectivity index (χ1) is 12.8. The molecular weight excluding hydrogens is 338 g/mol. The predicted molar refractivity (Wildman–Crippen MR) is 111 cm³/mol. The van der Waals surface area contributed by atoms with Gasteiger partial charge in [-0.25, -0.2) is 0 Å². The van der Waals surface area contributed by atoms with E-state index in [0.717, 1.165) is 48.7 Å². The number of nitrogens with zero attached hydrogens (tertiary/aromatic N) is 2. The van der Waals surface area contributed by atoms with E-state index in [1.807, 2.05) is 32.9 Å². The molecule has 0 aromatic heterocycles. The van der Waals surface area contributed by atoms with Crippen molar-refractivity contribution in [3.8, 4) is 5.75 Å². The summed E-state index contributed by atoms with van der Waals surface area (Å²) in [6.07, 6.45) is 0. The Balaban J connectivity index is 1.59. The number of amides is 1. The molecule has 2 aromatic rings. The number of benzene rings is 2. The van der Waals surface area contributed by atoms with Crippen molar-refractivity contribution in [3.63, 3.8) is 0 Å². The quantitative estimate of drug-likeness (QED) is 0.869. The Labute approximate surface area is 161 Å². The van der Waals surface area contributed by atoms with Crippen LogP contribution in [-0.4, -0.2) is 48.1 Å². The smallest absolute Gasteiger partial charge is 0.241 e. The van der Waals surface area contributed by atoms with Crippen molar-refractivity contribution < 1.29 is 9.90 Å². The van der Waals surface area contributed by atoms with Crippen molar-refractivity contribution >= 4 is 17.3 Å². The second-order valence-electron chi connectivity index (χ2n) is 7.48. The third kappa shape index (κ3) is 4.42. The van der Waals surface area contributed by atoms with Gasteiger partial charge in [-0.3, -0.25) is 9.69 Å². The van der Waals surface area contributed by atoms with E-state index in [0.29, 0.717) is 0 Å². The lowest BCUT2D eigenvalue weighted by molar-refractivity contribution is -0.120. The second-order valence-corrected chi connectivity index (χ2v) is 7.48. The number of rotatable bonds is 4. The maximum absolute atomic E-state index is 12.8. The van der Waals surface area contributed by atoms with E-state index >= 15 is 0 Å². The second kappa shape index (κ2) is 8.01. The molecule has 27 heavy (non-hydrogen) atoms. The average molecular weight is 367 g/mol. The maximum Gasteiger partial charge on any atom is 0.241 e. The normalized spacial score (nSPS) is 16.2. The Morgan fingerprint density at radius 2 is 1.56 bits per heavy atom. The van der Waals surface area contributed by atoms with Crippen molar-refractivity contribution in [2.45, 2.75) is 33.7 Å². The van der Waals surface area contributed by atoms with Crippen LogP contribution in [0.5, 0.6) is 5.75 Å². The van der Waals surface area contributed by atoms with Crippen LogP contribution in [0.1, 0.15) is 23.6 Å². The third-order valence-electron chi connectivity index (χ3n) is 5.38. The van der Waals surface area contributed by atoms with Crippen LogP contribution in [0.3, 0.4) is 0 Å². The average Bonchev–Trinajstić information content (AvgIpc) is 2.64. The molecule has 144 valence electrons. The molecule has 2 aromatic carbocycles. The van der Waals surface area contributed by atoms with Crippen LogP contribution in [0.15, 0.2) is 36.4 Å². The fourth-order valence-corrected chi connectivity index (χ4v) is 3.80. The first kappa shape index (κ1) is 19.2. The molecule has 5 nitrogen and oxygen atoms in total. The largest absolute Gasteiger partial charge is 0.508 e. The summed E-state index contributed by atoms with van der Waals surface area (Å²) in [5.74, 6) is 0.326.